The average molecular weight is 274 g/mol. The molecule has 4 nitrogen and oxygen atoms in total. The number of nitrogens with one attached hydrogen (secondary N) is 1. The van der Waals surface area contributed by atoms with Crippen LogP contribution >= 0.6 is 23.7 Å². The highest BCUT2D eigenvalue weighted by atomic mass is 35.5. The molecular formula is C11H16ClN3OS. The molecule has 0 unspecified atom stereocenters. The summed E-state index contributed by atoms with van der Waals surface area (Å²) >= 11 is 1.59. The van der Waals surface area contributed by atoms with Gasteiger partial charge in [0.05, 0.1) is 5.69 Å². The number of amides is 1. The number of aromatic nitrogens is 1. The fourth-order valence-electron chi connectivity index (χ4n) is 2.01. The second kappa shape index (κ2) is 4.92. The standard InChI is InChI=1S/C11H15N3OS.ClH/c12-7-3-4-8-9(5-7)16-11(13-8)14-10(15)6-1-2-6;/h6-7H,1-5,12H2,(H,13,14,15);1H/t7-;/m0./s1. The molecule has 17 heavy (non-hydrogen) atoms. The van der Waals surface area contributed by atoms with Crippen LogP contribution in [0.15, 0.2) is 0 Å². The molecule has 2 aliphatic carbocycles. The molecule has 6 heteroatoms. The first-order valence-corrected chi connectivity index (χ1v) is 6.59. The van der Waals surface area contributed by atoms with Crippen LogP contribution in [0.4, 0.5) is 5.13 Å². The smallest absolute Gasteiger partial charge is 0.229 e. The molecule has 1 fully saturated rings. The van der Waals surface area contributed by atoms with Gasteiger partial charge in [-0.05, 0) is 32.1 Å². The highest BCUT2D eigenvalue weighted by molar-refractivity contribution is 7.15. The highest BCUT2D eigenvalue weighted by Crippen LogP contribution is 2.33. The second-order valence-electron chi connectivity index (χ2n) is 4.66. The van der Waals surface area contributed by atoms with Crippen LogP contribution in [0.1, 0.15) is 29.8 Å². The molecule has 1 aromatic rings. The van der Waals surface area contributed by atoms with Gasteiger partial charge >= 0.3 is 0 Å². The molecule has 3 rings (SSSR count). The number of nitrogens with zero attached hydrogens (tertiary/aromatic N) is 1. The third kappa shape index (κ3) is 2.78. The topological polar surface area (TPSA) is 68.0 Å². The molecule has 1 atom stereocenters. The van der Waals surface area contributed by atoms with Crippen molar-refractivity contribution < 1.29 is 4.79 Å². The van der Waals surface area contributed by atoms with Gasteiger partial charge in [-0.15, -0.1) is 23.7 Å². The van der Waals surface area contributed by atoms with Gasteiger partial charge in [0.1, 0.15) is 0 Å². The summed E-state index contributed by atoms with van der Waals surface area (Å²) in [6.07, 6.45) is 4.93. The SMILES string of the molecule is Cl.N[C@H]1CCc2nc(NC(=O)C3CC3)sc2C1. The van der Waals surface area contributed by atoms with Crippen molar-refractivity contribution in [1.29, 1.82) is 0 Å². The van der Waals surface area contributed by atoms with E-state index in [4.69, 9.17) is 5.73 Å². The Morgan fingerprint density at radius 2 is 2.18 bits per heavy atom. The van der Waals surface area contributed by atoms with Gasteiger partial charge in [0.2, 0.25) is 5.91 Å². The molecule has 2 aliphatic rings. The number of carbonyl (C=O) groups excluding carboxylic acids is 1. The van der Waals surface area contributed by atoms with Crippen LogP contribution in [-0.2, 0) is 17.6 Å². The normalized spacial score (nSPS) is 22.5. The van der Waals surface area contributed by atoms with Crippen LogP contribution in [0.2, 0.25) is 0 Å². The molecular weight excluding hydrogens is 258 g/mol. The minimum absolute atomic E-state index is 0. The third-order valence-electron chi connectivity index (χ3n) is 3.16. The number of aryl methyl sites for hydroxylation is 1. The molecule has 94 valence electrons. The zero-order valence-corrected chi connectivity index (χ0v) is 11.1. The fraction of sp³-hybridized carbons (Fsp3) is 0.636. The molecule has 1 amide bonds. The van der Waals surface area contributed by atoms with E-state index in [-0.39, 0.29) is 30.3 Å². The van der Waals surface area contributed by atoms with Crippen LogP contribution in [0.5, 0.6) is 0 Å². The van der Waals surface area contributed by atoms with Crippen LogP contribution in [0.25, 0.3) is 0 Å². The third-order valence-corrected chi connectivity index (χ3v) is 4.19. The Balaban J connectivity index is 0.00000108. The van der Waals surface area contributed by atoms with E-state index in [9.17, 15) is 4.79 Å². The minimum Gasteiger partial charge on any atom is -0.327 e. The molecule has 1 heterocycles. The van der Waals surface area contributed by atoms with Crippen molar-refractivity contribution in [2.45, 2.75) is 38.1 Å². The molecule has 3 N–H and O–H groups in total. The Hall–Kier alpha value is -0.650. The summed E-state index contributed by atoms with van der Waals surface area (Å²) in [5.74, 6) is 0.374. The number of hydrogen-bond donors (Lipinski definition) is 2. The molecule has 0 aliphatic heterocycles. The number of nitrogens with two attached hydrogens (primary N) is 1. The van der Waals surface area contributed by atoms with Gasteiger partial charge in [-0.1, -0.05) is 0 Å². The van der Waals surface area contributed by atoms with Crippen molar-refractivity contribution in [2.24, 2.45) is 11.7 Å². The molecule has 0 aromatic carbocycles. The van der Waals surface area contributed by atoms with Crippen molar-refractivity contribution in [1.82, 2.24) is 4.98 Å². The van der Waals surface area contributed by atoms with Crippen LogP contribution in [0.3, 0.4) is 0 Å². The van der Waals surface area contributed by atoms with Crippen molar-refractivity contribution in [3.63, 3.8) is 0 Å². The number of fused-ring (bicyclic) bond motifs is 1. The van der Waals surface area contributed by atoms with Gasteiger partial charge in [0.25, 0.3) is 0 Å². The Bertz CT molecular complexity index is 430. The number of hydrogen-bond acceptors (Lipinski definition) is 4. The predicted octanol–water partition coefficient (Wildman–Crippen LogP) is 1.73. The van der Waals surface area contributed by atoms with Crippen molar-refractivity contribution in [2.75, 3.05) is 5.32 Å². The van der Waals surface area contributed by atoms with Gasteiger partial charge in [0.15, 0.2) is 5.13 Å². The van der Waals surface area contributed by atoms with Crippen LogP contribution < -0.4 is 11.1 Å². The average Bonchev–Trinajstić information content (AvgIpc) is 3.00. The van der Waals surface area contributed by atoms with Crippen molar-refractivity contribution >= 4 is 34.8 Å². The minimum atomic E-state index is 0. The number of halogens is 1. The largest absolute Gasteiger partial charge is 0.327 e. The highest BCUT2D eigenvalue weighted by Gasteiger charge is 2.30. The first kappa shape index (κ1) is 12.8. The van der Waals surface area contributed by atoms with E-state index in [0.717, 1.165) is 42.9 Å². The summed E-state index contributed by atoms with van der Waals surface area (Å²) in [6.45, 7) is 0. The molecule has 0 bridgehead atoms. The van der Waals surface area contributed by atoms with E-state index >= 15 is 0 Å². The predicted molar refractivity (Wildman–Crippen MR) is 70.7 cm³/mol. The first-order chi connectivity index (χ1) is 7.72. The van der Waals surface area contributed by atoms with E-state index in [1.165, 1.54) is 4.88 Å². The van der Waals surface area contributed by atoms with Crippen molar-refractivity contribution in [3.05, 3.63) is 10.6 Å². The Morgan fingerprint density at radius 1 is 1.41 bits per heavy atom. The zero-order valence-electron chi connectivity index (χ0n) is 9.44. The summed E-state index contributed by atoms with van der Waals surface area (Å²) < 4.78 is 0. The van der Waals surface area contributed by atoms with Gasteiger partial charge in [-0.25, -0.2) is 4.98 Å². The van der Waals surface area contributed by atoms with Gasteiger partial charge < -0.3 is 11.1 Å². The van der Waals surface area contributed by atoms with Gasteiger partial charge in [0, 0.05) is 16.8 Å². The summed E-state index contributed by atoms with van der Waals surface area (Å²) in [5.41, 5.74) is 7.05. The summed E-state index contributed by atoms with van der Waals surface area (Å²) in [4.78, 5) is 17.3. The lowest BCUT2D eigenvalue weighted by Crippen LogP contribution is -2.27. The first-order valence-electron chi connectivity index (χ1n) is 5.77. The summed E-state index contributed by atoms with van der Waals surface area (Å²) in [7, 11) is 0. The number of carbonyl (C=O) groups is 1. The lowest BCUT2D eigenvalue weighted by Gasteiger charge is -2.15. The molecule has 1 saturated carbocycles. The van der Waals surface area contributed by atoms with E-state index in [0.29, 0.717) is 0 Å². The van der Waals surface area contributed by atoms with Crippen LogP contribution in [-0.4, -0.2) is 16.9 Å². The maximum absolute atomic E-state index is 11.6. The maximum atomic E-state index is 11.6. The lowest BCUT2D eigenvalue weighted by molar-refractivity contribution is -0.117. The molecule has 1 aromatic heterocycles. The summed E-state index contributed by atoms with van der Waals surface area (Å²) in [6, 6.07) is 0.264. The Labute approximate surface area is 110 Å². The second-order valence-corrected chi connectivity index (χ2v) is 5.74. The van der Waals surface area contributed by atoms with E-state index in [1.807, 2.05) is 0 Å². The molecule has 0 radical (unpaired) electrons. The number of thiazole rings is 1. The Morgan fingerprint density at radius 3 is 2.88 bits per heavy atom. The van der Waals surface area contributed by atoms with E-state index < -0.39 is 0 Å². The zero-order chi connectivity index (χ0) is 11.1. The van der Waals surface area contributed by atoms with E-state index in [1.54, 1.807) is 11.3 Å². The van der Waals surface area contributed by atoms with Gasteiger partial charge in [-0.3, -0.25) is 4.79 Å². The van der Waals surface area contributed by atoms with Crippen LogP contribution in [0, 0.1) is 5.92 Å². The number of rotatable bonds is 2. The van der Waals surface area contributed by atoms with E-state index in [2.05, 4.69) is 10.3 Å². The molecule has 0 spiro atoms. The quantitative estimate of drug-likeness (QED) is 0.862. The lowest BCUT2D eigenvalue weighted by atomic mass is 9.99. The Kier molecular flexibility index (Phi) is 3.70. The number of anilines is 1. The molecule has 0 saturated heterocycles. The van der Waals surface area contributed by atoms with Crippen molar-refractivity contribution in [3.8, 4) is 0 Å². The summed E-state index contributed by atoms with van der Waals surface area (Å²) in [5, 5.41) is 3.66. The van der Waals surface area contributed by atoms with Gasteiger partial charge in [-0.2, -0.15) is 0 Å². The maximum Gasteiger partial charge on any atom is 0.229 e. The monoisotopic (exact) mass is 273 g/mol. The fourth-order valence-corrected chi connectivity index (χ4v) is 3.11.